The van der Waals surface area contributed by atoms with Gasteiger partial charge in [0.2, 0.25) is 5.90 Å². The van der Waals surface area contributed by atoms with Gasteiger partial charge in [0.25, 0.3) is 0 Å². The Balaban J connectivity index is 2.36. The van der Waals surface area contributed by atoms with Gasteiger partial charge >= 0.3 is 17.7 Å². The van der Waals surface area contributed by atoms with E-state index < -0.39 is 17.7 Å². The standard InChI is InChI=1S/C12H10ClNO4/c1-8(15)18-12(7-13)11(16)17-10(14-12)9-5-3-2-4-6-9/h2-6H,7H2,1H3. The van der Waals surface area contributed by atoms with E-state index in [1.165, 1.54) is 6.92 Å². The lowest BCUT2D eigenvalue weighted by molar-refractivity contribution is -0.169. The molecule has 18 heavy (non-hydrogen) atoms. The van der Waals surface area contributed by atoms with Crippen LogP contribution in [0.5, 0.6) is 0 Å². The van der Waals surface area contributed by atoms with Crippen LogP contribution in [0, 0.1) is 0 Å². The third kappa shape index (κ3) is 2.22. The van der Waals surface area contributed by atoms with Crippen molar-refractivity contribution in [3.63, 3.8) is 0 Å². The zero-order valence-corrected chi connectivity index (χ0v) is 10.3. The van der Waals surface area contributed by atoms with E-state index in [1.807, 2.05) is 6.07 Å². The number of carbonyl (C=O) groups excluding carboxylic acids is 2. The van der Waals surface area contributed by atoms with Crippen molar-refractivity contribution in [3.8, 4) is 0 Å². The normalized spacial score (nSPS) is 22.3. The van der Waals surface area contributed by atoms with Crippen molar-refractivity contribution in [2.24, 2.45) is 4.99 Å². The summed E-state index contributed by atoms with van der Waals surface area (Å²) in [7, 11) is 0. The molecular formula is C12H10ClNO4. The predicted molar refractivity (Wildman–Crippen MR) is 64.3 cm³/mol. The molecule has 1 aliphatic rings. The molecule has 0 spiro atoms. The Bertz CT molecular complexity index is 514. The average Bonchev–Trinajstić information content (AvgIpc) is 2.68. The van der Waals surface area contributed by atoms with Crippen LogP contribution < -0.4 is 0 Å². The second kappa shape index (κ2) is 4.78. The molecule has 1 aromatic rings. The van der Waals surface area contributed by atoms with Gasteiger partial charge in [-0.2, -0.15) is 4.99 Å². The minimum absolute atomic E-state index is 0.0995. The molecule has 5 nitrogen and oxygen atoms in total. The van der Waals surface area contributed by atoms with Crippen molar-refractivity contribution >= 4 is 29.4 Å². The molecule has 2 rings (SSSR count). The molecule has 0 aliphatic carbocycles. The maximum absolute atomic E-state index is 11.7. The number of halogens is 1. The van der Waals surface area contributed by atoms with Gasteiger partial charge in [-0.1, -0.05) is 18.2 Å². The van der Waals surface area contributed by atoms with E-state index in [0.717, 1.165) is 0 Å². The number of esters is 2. The lowest BCUT2D eigenvalue weighted by Gasteiger charge is -2.17. The fourth-order valence-electron chi connectivity index (χ4n) is 1.52. The SMILES string of the molecule is CC(=O)OC1(CCl)N=C(c2ccccc2)OC1=O. The molecule has 0 saturated heterocycles. The number of benzene rings is 1. The van der Waals surface area contributed by atoms with Crippen molar-refractivity contribution in [3.05, 3.63) is 35.9 Å². The zero-order valence-electron chi connectivity index (χ0n) is 9.55. The first kappa shape index (κ1) is 12.6. The molecule has 6 heteroatoms. The second-order valence-electron chi connectivity index (χ2n) is 3.68. The maximum Gasteiger partial charge on any atom is 0.382 e. The van der Waals surface area contributed by atoms with Gasteiger partial charge in [0.05, 0.1) is 5.88 Å². The summed E-state index contributed by atoms with van der Waals surface area (Å²) in [6.07, 6.45) is 0. The van der Waals surface area contributed by atoms with E-state index in [1.54, 1.807) is 24.3 Å². The smallest absolute Gasteiger partial charge is 0.382 e. The van der Waals surface area contributed by atoms with E-state index in [4.69, 9.17) is 21.1 Å². The van der Waals surface area contributed by atoms with Crippen LogP contribution in [0.2, 0.25) is 0 Å². The minimum Gasteiger partial charge on any atom is -0.424 e. The Morgan fingerprint density at radius 1 is 1.44 bits per heavy atom. The Morgan fingerprint density at radius 2 is 2.11 bits per heavy atom. The Morgan fingerprint density at radius 3 is 2.67 bits per heavy atom. The van der Waals surface area contributed by atoms with Crippen molar-refractivity contribution in [1.29, 1.82) is 0 Å². The summed E-state index contributed by atoms with van der Waals surface area (Å²) in [5, 5.41) is 0. The predicted octanol–water partition coefficient (Wildman–Crippen LogP) is 1.49. The molecule has 1 unspecified atom stereocenters. The van der Waals surface area contributed by atoms with Crippen molar-refractivity contribution in [2.45, 2.75) is 12.6 Å². The third-order valence-corrected chi connectivity index (χ3v) is 2.67. The molecule has 1 aliphatic heterocycles. The van der Waals surface area contributed by atoms with Gasteiger partial charge in [0, 0.05) is 12.5 Å². The van der Waals surface area contributed by atoms with E-state index in [9.17, 15) is 9.59 Å². The molecule has 0 bridgehead atoms. The Kier molecular flexibility index (Phi) is 3.34. The first-order chi connectivity index (χ1) is 8.57. The fraction of sp³-hybridized carbons (Fsp3) is 0.250. The highest BCUT2D eigenvalue weighted by Crippen LogP contribution is 2.26. The number of ether oxygens (including phenoxy) is 2. The van der Waals surface area contributed by atoms with Gasteiger partial charge in [-0.15, -0.1) is 11.6 Å². The number of cyclic esters (lactones) is 1. The summed E-state index contributed by atoms with van der Waals surface area (Å²) >= 11 is 5.67. The lowest BCUT2D eigenvalue weighted by atomic mass is 10.2. The van der Waals surface area contributed by atoms with Crippen LogP contribution in [0.3, 0.4) is 0 Å². The van der Waals surface area contributed by atoms with Crippen LogP contribution in [0.1, 0.15) is 12.5 Å². The Hall–Kier alpha value is -1.88. The van der Waals surface area contributed by atoms with Crippen LogP contribution in [0.15, 0.2) is 35.3 Å². The summed E-state index contributed by atoms with van der Waals surface area (Å²) in [6, 6.07) is 8.83. The third-order valence-electron chi connectivity index (χ3n) is 2.30. The first-order valence-electron chi connectivity index (χ1n) is 5.20. The van der Waals surface area contributed by atoms with E-state index in [0.29, 0.717) is 5.56 Å². The molecule has 0 aromatic heterocycles. The van der Waals surface area contributed by atoms with Crippen molar-refractivity contribution in [1.82, 2.24) is 0 Å². The van der Waals surface area contributed by atoms with Crippen LogP contribution >= 0.6 is 11.6 Å². The van der Waals surface area contributed by atoms with Crippen LogP contribution in [-0.4, -0.2) is 29.4 Å². The van der Waals surface area contributed by atoms with Gasteiger partial charge < -0.3 is 9.47 Å². The zero-order chi connectivity index (χ0) is 13.2. The van der Waals surface area contributed by atoms with Crippen molar-refractivity contribution < 1.29 is 19.1 Å². The van der Waals surface area contributed by atoms with Gasteiger partial charge in [0.1, 0.15) is 0 Å². The molecule has 0 amide bonds. The van der Waals surface area contributed by atoms with Gasteiger partial charge in [-0.3, -0.25) is 4.79 Å². The minimum atomic E-state index is -1.77. The number of hydrogen-bond acceptors (Lipinski definition) is 5. The maximum atomic E-state index is 11.7. The molecule has 1 atom stereocenters. The van der Waals surface area contributed by atoms with Crippen molar-refractivity contribution in [2.75, 3.05) is 5.88 Å². The molecule has 0 N–H and O–H groups in total. The van der Waals surface area contributed by atoms with Crippen LogP contribution in [-0.2, 0) is 19.1 Å². The van der Waals surface area contributed by atoms with Crippen LogP contribution in [0.4, 0.5) is 0 Å². The highest BCUT2D eigenvalue weighted by atomic mass is 35.5. The summed E-state index contributed by atoms with van der Waals surface area (Å²) in [4.78, 5) is 26.7. The highest BCUT2D eigenvalue weighted by molar-refractivity contribution is 6.22. The van der Waals surface area contributed by atoms with Gasteiger partial charge in [-0.05, 0) is 12.1 Å². The lowest BCUT2D eigenvalue weighted by Crippen LogP contribution is -2.40. The fourth-order valence-corrected chi connectivity index (χ4v) is 1.74. The molecule has 94 valence electrons. The average molecular weight is 268 g/mol. The van der Waals surface area contributed by atoms with Gasteiger partial charge in [-0.25, -0.2) is 4.79 Å². The van der Waals surface area contributed by atoms with E-state index in [-0.39, 0.29) is 11.8 Å². The quantitative estimate of drug-likeness (QED) is 0.615. The Labute approximate surface area is 108 Å². The largest absolute Gasteiger partial charge is 0.424 e. The summed E-state index contributed by atoms with van der Waals surface area (Å²) in [6.45, 7) is 1.18. The molecule has 0 radical (unpaired) electrons. The van der Waals surface area contributed by atoms with Crippen LogP contribution in [0.25, 0.3) is 0 Å². The molecule has 1 heterocycles. The first-order valence-corrected chi connectivity index (χ1v) is 5.74. The molecule has 0 saturated carbocycles. The number of hydrogen-bond donors (Lipinski definition) is 0. The van der Waals surface area contributed by atoms with E-state index in [2.05, 4.69) is 4.99 Å². The number of alkyl halides is 1. The van der Waals surface area contributed by atoms with E-state index >= 15 is 0 Å². The summed E-state index contributed by atoms with van der Waals surface area (Å²) in [5.74, 6) is -1.62. The second-order valence-corrected chi connectivity index (χ2v) is 3.95. The topological polar surface area (TPSA) is 65.0 Å². The monoisotopic (exact) mass is 267 g/mol. The molecule has 1 aromatic carbocycles. The summed E-state index contributed by atoms with van der Waals surface area (Å²) in [5.41, 5.74) is -1.15. The number of nitrogens with zero attached hydrogens (tertiary/aromatic N) is 1. The highest BCUT2D eigenvalue weighted by Gasteiger charge is 2.49. The number of rotatable bonds is 3. The number of carbonyl (C=O) groups is 2. The summed E-state index contributed by atoms with van der Waals surface area (Å²) < 4.78 is 9.88. The van der Waals surface area contributed by atoms with Gasteiger partial charge in [0.15, 0.2) is 0 Å². The number of aliphatic imine (C=N–C) groups is 1. The molecule has 0 fully saturated rings. The molecular weight excluding hydrogens is 258 g/mol.